The minimum atomic E-state index is -0.150. The van der Waals surface area contributed by atoms with Gasteiger partial charge in [0.25, 0.3) is 5.91 Å². The van der Waals surface area contributed by atoms with Crippen LogP contribution in [0.3, 0.4) is 0 Å². The van der Waals surface area contributed by atoms with Crippen LogP contribution in [0, 0.1) is 12.8 Å². The van der Waals surface area contributed by atoms with Crippen LogP contribution in [0.2, 0.25) is 0 Å². The predicted molar refractivity (Wildman–Crippen MR) is 133 cm³/mol. The molecule has 4 rings (SSSR count). The van der Waals surface area contributed by atoms with Gasteiger partial charge in [-0.1, -0.05) is 38.1 Å². The molecule has 0 unspecified atom stereocenters. The van der Waals surface area contributed by atoms with Crippen molar-refractivity contribution in [2.45, 2.75) is 33.6 Å². The molecule has 0 spiro atoms. The van der Waals surface area contributed by atoms with Crippen molar-refractivity contribution in [2.75, 3.05) is 10.6 Å². The molecule has 3 N–H and O–H groups in total. The summed E-state index contributed by atoms with van der Waals surface area (Å²) in [4.78, 5) is 32.5. The topological polar surface area (TPSA) is 86.9 Å². The Hall–Kier alpha value is -3.93. The maximum atomic E-state index is 12.6. The van der Waals surface area contributed by atoms with Gasteiger partial charge >= 0.3 is 0 Å². The summed E-state index contributed by atoms with van der Waals surface area (Å²) < 4.78 is 0. The van der Waals surface area contributed by atoms with Gasteiger partial charge in [-0.2, -0.15) is 0 Å². The van der Waals surface area contributed by atoms with Crippen LogP contribution < -0.4 is 10.6 Å². The number of aromatic nitrogens is 2. The molecule has 0 aliphatic heterocycles. The zero-order chi connectivity index (χ0) is 23.4. The predicted octanol–water partition coefficient (Wildman–Crippen LogP) is 5.50. The average Bonchev–Trinajstić information content (AvgIpc) is 3.20. The monoisotopic (exact) mass is 440 g/mol. The summed E-state index contributed by atoms with van der Waals surface area (Å²) in [6, 6.07) is 21.1. The van der Waals surface area contributed by atoms with E-state index in [2.05, 4.69) is 20.6 Å². The molecule has 0 saturated heterocycles. The van der Waals surface area contributed by atoms with Crippen LogP contribution in [0.4, 0.5) is 11.4 Å². The number of nitrogens with one attached hydrogen (secondary N) is 3. The quantitative estimate of drug-likeness (QED) is 0.354. The summed E-state index contributed by atoms with van der Waals surface area (Å²) in [6.07, 6.45) is 1.57. The number of amides is 2. The van der Waals surface area contributed by atoms with Crippen LogP contribution in [0.5, 0.6) is 0 Å². The second kappa shape index (κ2) is 9.69. The fourth-order valence-electron chi connectivity index (χ4n) is 3.55. The Labute approximate surface area is 193 Å². The minimum Gasteiger partial charge on any atom is -0.342 e. The lowest BCUT2D eigenvalue weighted by molar-refractivity contribution is -0.118. The van der Waals surface area contributed by atoms with E-state index in [4.69, 9.17) is 0 Å². The largest absolute Gasteiger partial charge is 0.342 e. The van der Waals surface area contributed by atoms with Gasteiger partial charge in [0, 0.05) is 29.3 Å². The molecule has 33 heavy (non-hydrogen) atoms. The van der Waals surface area contributed by atoms with Gasteiger partial charge in [-0.3, -0.25) is 9.59 Å². The SMILES string of the molecule is Cc1cccc(NC(=O)c2ccc3nc(CCc4ccc(NC(=O)C(C)C)cc4)[nH]c3c2)c1. The van der Waals surface area contributed by atoms with Gasteiger partial charge in [-0.15, -0.1) is 0 Å². The van der Waals surface area contributed by atoms with Gasteiger partial charge in [0.15, 0.2) is 0 Å². The Morgan fingerprint density at radius 2 is 1.70 bits per heavy atom. The van der Waals surface area contributed by atoms with Crippen LogP contribution in [-0.4, -0.2) is 21.8 Å². The maximum Gasteiger partial charge on any atom is 0.255 e. The van der Waals surface area contributed by atoms with Crippen molar-refractivity contribution in [3.8, 4) is 0 Å². The number of H-pyrrole nitrogens is 1. The summed E-state index contributed by atoms with van der Waals surface area (Å²) in [7, 11) is 0. The number of hydrogen-bond acceptors (Lipinski definition) is 3. The van der Waals surface area contributed by atoms with Crippen molar-refractivity contribution in [3.63, 3.8) is 0 Å². The molecule has 0 fully saturated rings. The van der Waals surface area contributed by atoms with Crippen molar-refractivity contribution in [2.24, 2.45) is 5.92 Å². The van der Waals surface area contributed by atoms with Crippen LogP contribution in [0.1, 0.15) is 41.2 Å². The summed E-state index contributed by atoms with van der Waals surface area (Å²) in [5, 5.41) is 5.84. The fraction of sp³-hybridized carbons (Fsp3) is 0.222. The molecule has 1 heterocycles. The Morgan fingerprint density at radius 3 is 2.42 bits per heavy atom. The number of carbonyl (C=O) groups is 2. The second-order valence-electron chi connectivity index (χ2n) is 8.58. The number of rotatable bonds is 7. The molecular formula is C27H28N4O2. The van der Waals surface area contributed by atoms with Gasteiger partial charge in [-0.05, 0) is 66.9 Å². The van der Waals surface area contributed by atoms with E-state index >= 15 is 0 Å². The standard InChI is InChI=1S/C27H28N4O2/c1-17(2)26(32)28-21-11-7-19(8-12-21)9-14-25-30-23-13-10-20(16-24(23)31-25)27(33)29-22-6-4-5-18(3)15-22/h4-8,10-13,15-17H,9,14H2,1-3H3,(H,28,32)(H,29,33)(H,30,31). The molecule has 0 saturated carbocycles. The van der Waals surface area contributed by atoms with Crippen molar-refractivity contribution in [1.82, 2.24) is 9.97 Å². The fourth-order valence-corrected chi connectivity index (χ4v) is 3.55. The van der Waals surface area contributed by atoms with E-state index in [-0.39, 0.29) is 17.7 Å². The highest BCUT2D eigenvalue weighted by molar-refractivity contribution is 6.06. The Balaban J connectivity index is 1.39. The molecule has 4 aromatic rings. The Bertz CT molecular complexity index is 1290. The van der Waals surface area contributed by atoms with Gasteiger partial charge in [0.1, 0.15) is 5.82 Å². The third-order valence-corrected chi connectivity index (χ3v) is 5.47. The van der Waals surface area contributed by atoms with Crippen LogP contribution in [0.25, 0.3) is 11.0 Å². The van der Waals surface area contributed by atoms with Crippen molar-refractivity contribution < 1.29 is 9.59 Å². The van der Waals surface area contributed by atoms with Gasteiger partial charge < -0.3 is 15.6 Å². The summed E-state index contributed by atoms with van der Waals surface area (Å²) in [6.45, 7) is 5.74. The lowest BCUT2D eigenvalue weighted by Gasteiger charge is -2.08. The molecule has 1 aromatic heterocycles. The van der Waals surface area contributed by atoms with E-state index in [1.165, 1.54) is 0 Å². The molecule has 0 atom stereocenters. The smallest absolute Gasteiger partial charge is 0.255 e. The van der Waals surface area contributed by atoms with Crippen LogP contribution in [0.15, 0.2) is 66.7 Å². The number of aryl methyl sites for hydroxylation is 3. The highest BCUT2D eigenvalue weighted by Gasteiger charge is 2.11. The minimum absolute atomic E-state index is 0.0111. The highest BCUT2D eigenvalue weighted by Crippen LogP contribution is 2.18. The Kier molecular flexibility index (Phi) is 6.54. The third kappa shape index (κ3) is 5.66. The normalized spacial score (nSPS) is 11.0. The van der Waals surface area contributed by atoms with E-state index in [0.29, 0.717) is 5.56 Å². The van der Waals surface area contributed by atoms with Gasteiger partial charge in [0.2, 0.25) is 5.91 Å². The number of nitrogens with zero attached hydrogens (tertiary/aromatic N) is 1. The van der Waals surface area contributed by atoms with E-state index in [1.807, 2.05) is 81.4 Å². The molecule has 2 amide bonds. The van der Waals surface area contributed by atoms with Crippen molar-refractivity contribution in [3.05, 3.63) is 89.2 Å². The molecule has 6 heteroatoms. The first kappa shape index (κ1) is 22.3. The highest BCUT2D eigenvalue weighted by atomic mass is 16.2. The van der Waals surface area contributed by atoms with Crippen molar-refractivity contribution >= 4 is 34.2 Å². The molecule has 168 valence electrons. The van der Waals surface area contributed by atoms with Crippen molar-refractivity contribution in [1.29, 1.82) is 0 Å². The third-order valence-electron chi connectivity index (χ3n) is 5.47. The molecule has 0 bridgehead atoms. The molecule has 3 aromatic carbocycles. The number of imidazole rings is 1. The van der Waals surface area contributed by atoms with Gasteiger partial charge in [0.05, 0.1) is 11.0 Å². The number of benzene rings is 3. The van der Waals surface area contributed by atoms with E-state index in [9.17, 15) is 9.59 Å². The lowest BCUT2D eigenvalue weighted by atomic mass is 10.1. The zero-order valence-corrected chi connectivity index (χ0v) is 19.1. The summed E-state index contributed by atoms with van der Waals surface area (Å²) in [5.74, 6) is 0.686. The molecule has 0 radical (unpaired) electrons. The molecular weight excluding hydrogens is 412 g/mol. The van der Waals surface area contributed by atoms with E-state index < -0.39 is 0 Å². The van der Waals surface area contributed by atoms with E-state index in [0.717, 1.165) is 52.2 Å². The molecule has 0 aliphatic rings. The average molecular weight is 441 g/mol. The van der Waals surface area contributed by atoms with E-state index in [1.54, 1.807) is 6.07 Å². The first-order chi connectivity index (χ1) is 15.9. The van der Waals surface area contributed by atoms with Crippen LogP contribution in [-0.2, 0) is 17.6 Å². The first-order valence-electron chi connectivity index (χ1n) is 11.1. The molecule has 0 aliphatic carbocycles. The number of aromatic amines is 1. The maximum absolute atomic E-state index is 12.6. The summed E-state index contributed by atoms with van der Waals surface area (Å²) >= 11 is 0. The number of hydrogen-bond donors (Lipinski definition) is 3. The Morgan fingerprint density at radius 1 is 0.909 bits per heavy atom. The first-order valence-corrected chi connectivity index (χ1v) is 11.1. The van der Waals surface area contributed by atoms with Crippen LogP contribution >= 0.6 is 0 Å². The number of fused-ring (bicyclic) bond motifs is 1. The second-order valence-corrected chi connectivity index (χ2v) is 8.58. The molecule has 6 nitrogen and oxygen atoms in total. The van der Waals surface area contributed by atoms with Gasteiger partial charge in [-0.25, -0.2) is 4.98 Å². The number of anilines is 2. The summed E-state index contributed by atoms with van der Waals surface area (Å²) in [5.41, 5.74) is 6.10. The number of carbonyl (C=O) groups excluding carboxylic acids is 2. The zero-order valence-electron chi connectivity index (χ0n) is 19.1. The lowest BCUT2D eigenvalue weighted by Crippen LogP contribution is -2.17.